The first kappa shape index (κ1) is 18.3. The molecule has 0 fully saturated rings. The lowest BCUT2D eigenvalue weighted by molar-refractivity contribution is -0.116. The van der Waals surface area contributed by atoms with E-state index in [-0.39, 0.29) is 30.1 Å². The number of hydrogen-bond donors (Lipinski definition) is 1. The molecule has 1 amide bonds. The van der Waals surface area contributed by atoms with Crippen LogP contribution < -0.4 is 5.32 Å². The van der Waals surface area contributed by atoms with Crippen molar-refractivity contribution >= 4 is 17.6 Å². The quantitative estimate of drug-likeness (QED) is 0.669. The zero-order chi connectivity index (χ0) is 19.2. The number of oxazole rings is 1. The van der Waals surface area contributed by atoms with Crippen molar-refractivity contribution in [1.82, 2.24) is 4.98 Å². The Hall–Kier alpha value is -3.48. The summed E-state index contributed by atoms with van der Waals surface area (Å²) in [4.78, 5) is 28.1. The summed E-state index contributed by atoms with van der Waals surface area (Å²) in [7, 11) is 1.28. The maximum atomic E-state index is 13.0. The van der Waals surface area contributed by atoms with Gasteiger partial charge in [0.15, 0.2) is 11.7 Å². The number of halogens is 1. The Morgan fingerprint density at radius 1 is 1.15 bits per heavy atom. The van der Waals surface area contributed by atoms with Crippen molar-refractivity contribution in [2.45, 2.75) is 12.8 Å². The molecule has 7 heteroatoms. The summed E-state index contributed by atoms with van der Waals surface area (Å²) < 4.78 is 23.3. The minimum absolute atomic E-state index is 0.124. The summed E-state index contributed by atoms with van der Waals surface area (Å²) in [6.07, 6.45) is 1.94. The predicted octanol–water partition coefficient (Wildman–Crippen LogP) is 3.84. The van der Waals surface area contributed by atoms with Crippen molar-refractivity contribution in [2.24, 2.45) is 0 Å². The largest absolute Gasteiger partial charge is 0.465 e. The maximum Gasteiger partial charge on any atom is 0.339 e. The van der Waals surface area contributed by atoms with Gasteiger partial charge in [0.2, 0.25) is 5.91 Å². The number of para-hydroxylation sites is 1. The number of methoxy groups -OCH3 is 1. The van der Waals surface area contributed by atoms with Crippen LogP contribution in [0, 0.1) is 5.82 Å². The van der Waals surface area contributed by atoms with E-state index in [9.17, 15) is 14.0 Å². The molecule has 0 aliphatic carbocycles. The van der Waals surface area contributed by atoms with Crippen LogP contribution in [0.4, 0.5) is 10.1 Å². The second kappa shape index (κ2) is 8.27. The topological polar surface area (TPSA) is 81.4 Å². The Morgan fingerprint density at radius 2 is 1.89 bits per heavy atom. The number of esters is 1. The van der Waals surface area contributed by atoms with Crippen LogP contribution in [0.15, 0.2) is 59.1 Å². The molecule has 1 aromatic heterocycles. The monoisotopic (exact) mass is 368 g/mol. The molecule has 0 bridgehead atoms. The number of benzene rings is 2. The molecule has 3 aromatic rings. The number of amides is 1. The van der Waals surface area contributed by atoms with Crippen LogP contribution in [-0.2, 0) is 16.0 Å². The zero-order valence-corrected chi connectivity index (χ0v) is 14.6. The van der Waals surface area contributed by atoms with Crippen molar-refractivity contribution in [1.29, 1.82) is 0 Å². The average molecular weight is 368 g/mol. The van der Waals surface area contributed by atoms with Crippen LogP contribution in [0.3, 0.4) is 0 Å². The van der Waals surface area contributed by atoms with E-state index in [4.69, 9.17) is 9.15 Å². The lowest BCUT2D eigenvalue weighted by Gasteiger charge is -2.09. The smallest absolute Gasteiger partial charge is 0.339 e. The standard InChI is InChI=1S/C20H17FN2O4/c1-26-20(25)15-4-2-3-5-16(15)23-18(24)10-11-19-22-12-17(27-19)13-6-8-14(21)9-7-13/h2-9,12H,10-11H2,1H3,(H,23,24). The third-order valence-electron chi connectivity index (χ3n) is 3.85. The number of anilines is 1. The van der Waals surface area contributed by atoms with Gasteiger partial charge in [0.1, 0.15) is 5.82 Å². The zero-order valence-electron chi connectivity index (χ0n) is 14.6. The van der Waals surface area contributed by atoms with Gasteiger partial charge in [0.05, 0.1) is 24.6 Å². The van der Waals surface area contributed by atoms with Gasteiger partial charge in [-0.1, -0.05) is 12.1 Å². The molecule has 27 heavy (non-hydrogen) atoms. The molecule has 138 valence electrons. The van der Waals surface area contributed by atoms with E-state index in [1.807, 2.05) is 0 Å². The van der Waals surface area contributed by atoms with Gasteiger partial charge in [-0.25, -0.2) is 14.2 Å². The van der Waals surface area contributed by atoms with E-state index < -0.39 is 5.97 Å². The van der Waals surface area contributed by atoms with Crippen LogP contribution in [-0.4, -0.2) is 24.0 Å². The molecule has 0 saturated carbocycles. The highest BCUT2D eigenvalue weighted by atomic mass is 19.1. The number of nitrogens with zero attached hydrogens (tertiary/aromatic N) is 1. The van der Waals surface area contributed by atoms with Gasteiger partial charge in [-0.15, -0.1) is 0 Å². The molecule has 0 atom stereocenters. The van der Waals surface area contributed by atoms with E-state index in [0.29, 0.717) is 22.9 Å². The Kier molecular flexibility index (Phi) is 5.61. The van der Waals surface area contributed by atoms with Gasteiger partial charge in [-0.05, 0) is 36.4 Å². The second-order valence-corrected chi connectivity index (χ2v) is 5.71. The van der Waals surface area contributed by atoms with Gasteiger partial charge < -0.3 is 14.5 Å². The fourth-order valence-corrected chi connectivity index (χ4v) is 2.49. The van der Waals surface area contributed by atoms with Crippen molar-refractivity contribution < 1.29 is 23.1 Å². The number of aromatic nitrogens is 1. The average Bonchev–Trinajstić information content (AvgIpc) is 3.16. The summed E-state index contributed by atoms with van der Waals surface area (Å²) >= 11 is 0. The Labute approximate surface area is 155 Å². The third-order valence-corrected chi connectivity index (χ3v) is 3.85. The Morgan fingerprint density at radius 3 is 2.63 bits per heavy atom. The molecule has 0 saturated heterocycles. The lowest BCUT2D eigenvalue weighted by Crippen LogP contribution is -2.15. The summed E-state index contributed by atoms with van der Waals surface area (Å²) in [5.41, 5.74) is 1.36. The predicted molar refractivity (Wildman–Crippen MR) is 96.6 cm³/mol. The first-order valence-corrected chi connectivity index (χ1v) is 8.24. The number of nitrogens with one attached hydrogen (secondary N) is 1. The summed E-state index contributed by atoms with van der Waals surface area (Å²) in [5.74, 6) is -0.245. The molecular formula is C20H17FN2O4. The van der Waals surface area contributed by atoms with E-state index in [1.54, 1.807) is 36.4 Å². The van der Waals surface area contributed by atoms with E-state index in [0.717, 1.165) is 0 Å². The first-order chi connectivity index (χ1) is 13.1. The van der Waals surface area contributed by atoms with Crippen molar-refractivity contribution in [3.8, 4) is 11.3 Å². The molecule has 0 aliphatic heterocycles. The van der Waals surface area contributed by atoms with Crippen molar-refractivity contribution in [3.05, 3.63) is 72.0 Å². The molecule has 1 N–H and O–H groups in total. The van der Waals surface area contributed by atoms with E-state index in [2.05, 4.69) is 10.3 Å². The molecule has 0 aliphatic rings. The van der Waals surface area contributed by atoms with Crippen molar-refractivity contribution in [3.63, 3.8) is 0 Å². The highest BCUT2D eigenvalue weighted by Crippen LogP contribution is 2.21. The number of hydrogen-bond acceptors (Lipinski definition) is 5. The fraction of sp³-hybridized carbons (Fsp3) is 0.150. The number of aryl methyl sites for hydroxylation is 1. The van der Waals surface area contributed by atoms with Gasteiger partial charge in [-0.2, -0.15) is 0 Å². The highest BCUT2D eigenvalue weighted by molar-refractivity contribution is 6.01. The van der Waals surface area contributed by atoms with Gasteiger partial charge >= 0.3 is 5.97 Å². The molecule has 1 heterocycles. The SMILES string of the molecule is COC(=O)c1ccccc1NC(=O)CCc1ncc(-c2ccc(F)cc2)o1. The number of carbonyl (C=O) groups excluding carboxylic acids is 2. The molecule has 0 spiro atoms. The van der Waals surface area contributed by atoms with Crippen LogP contribution in [0.25, 0.3) is 11.3 Å². The van der Waals surface area contributed by atoms with Gasteiger partial charge in [-0.3, -0.25) is 4.79 Å². The first-order valence-electron chi connectivity index (χ1n) is 8.24. The lowest BCUT2D eigenvalue weighted by atomic mass is 10.1. The molecular weight excluding hydrogens is 351 g/mol. The Balaban J connectivity index is 1.60. The number of rotatable bonds is 6. The highest BCUT2D eigenvalue weighted by Gasteiger charge is 2.14. The number of carbonyl (C=O) groups is 2. The van der Waals surface area contributed by atoms with Crippen LogP contribution in [0.5, 0.6) is 0 Å². The normalized spacial score (nSPS) is 10.4. The number of ether oxygens (including phenoxy) is 1. The molecule has 6 nitrogen and oxygen atoms in total. The minimum atomic E-state index is -0.525. The summed E-state index contributed by atoms with van der Waals surface area (Å²) in [6, 6.07) is 12.5. The third kappa shape index (κ3) is 4.58. The van der Waals surface area contributed by atoms with Crippen LogP contribution in [0.1, 0.15) is 22.7 Å². The van der Waals surface area contributed by atoms with Crippen LogP contribution >= 0.6 is 0 Å². The molecule has 0 unspecified atom stereocenters. The second-order valence-electron chi connectivity index (χ2n) is 5.71. The Bertz CT molecular complexity index is 951. The molecule has 0 radical (unpaired) electrons. The van der Waals surface area contributed by atoms with E-state index in [1.165, 1.54) is 25.4 Å². The summed E-state index contributed by atoms with van der Waals surface area (Å²) in [6.45, 7) is 0. The molecule has 2 aromatic carbocycles. The van der Waals surface area contributed by atoms with Crippen molar-refractivity contribution in [2.75, 3.05) is 12.4 Å². The maximum absolute atomic E-state index is 13.0. The minimum Gasteiger partial charge on any atom is -0.465 e. The van der Waals surface area contributed by atoms with E-state index >= 15 is 0 Å². The van der Waals surface area contributed by atoms with Gasteiger partial charge in [0, 0.05) is 18.4 Å². The van der Waals surface area contributed by atoms with Crippen LogP contribution in [0.2, 0.25) is 0 Å². The summed E-state index contributed by atoms with van der Waals surface area (Å²) in [5, 5.41) is 2.69. The molecule has 3 rings (SSSR count). The van der Waals surface area contributed by atoms with Gasteiger partial charge in [0.25, 0.3) is 0 Å². The fourth-order valence-electron chi connectivity index (χ4n) is 2.49.